The average Bonchev–Trinajstić information content (AvgIpc) is 2.94. The summed E-state index contributed by atoms with van der Waals surface area (Å²) in [6.45, 7) is 6.61. The van der Waals surface area contributed by atoms with E-state index in [4.69, 9.17) is 0 Å². The lowest BCUT2D eigenvalue weighted by Crippen LogP contribution is -2.08. The van der Waals surface area contributed by atoms with Gasteiger partial charge in [-0.1, -0.05) is 35.5 Å². The molecule has 0 aliphatic heterocycles. The molecule has 3 atom stereocenters. The van der Waals surface area contributed by atoms with Crippen molar-refractivity contribution in [3.05, 3.63) is 35.5 Å². The third-order valence-corrected chi connectivity index (χ3v) is 4.60. The molecule has 3 unspecified atom stereocenters. The van der Waals surface area contributed by atoms with Gasteiger partial charge in [-0.25, -0.2) is 0 Å². The standard InChI is InChI=1S/C18H28/c1-4-15(8-6-5-7-14(2)3)11-18-13-16-9-10-17(18)12-16/h4,7,9-10,16-18H,5-6,8,11-13H2,1-3H3. The lowest BCUT2D eigenvalue weighted by molar-refractivity contribution is 0.437. The highest BCUT2D eigenvalue weighted by Crippen LogP contribution is 2.46. The minimum absolute atomic E-state index is 0.905. The second kappa shape index (κ2) is 6.41. The predicted molar refractivity (Wildman–Crippen MR) is 80.5 cm³/mol. The molecule has 0 amide bonds. The smallest absolute Gasteiger partial charge is 0.0196 e. The molecule has 0 radical (unpaired) electrons. The predicted octanol–water partition coefficient (Wildman–Crippen LogP) is 5.67. The zero-order chi connectivity index (χ0) is 13.0. The van der Waals surface area contributed by atoms with Gasteiger partial charge in [0.15, 0.2) is 0 Å². The second-order valence-corrected chi connectivity index (χ2v) is 6.37. The third-order valence-electron chi connectivity index (χ3n) is 4.60. The van der Waals surface area contributed by atoms with Crippen LogP contribution in [-0.2, 0) is 0 Å². The molecule has 0 heteroatoms. The van der Waals surface area contributed by atoms with Crippen LogP contribution in [0.2, 0.25) is 0 Å². The van der Waals surface area contributed by atoms with E-state index in [9.17, 15) is 0 Å². The summed E-state index contributed by atoms with van der Waals surface area (Å²) < 4.78 is 0. The minimum atomic E-state index is 0.905. The number of hydrogen-bond acceptors (Lipinski definition) is 0. The molecule has 2 aliphatic rings. The maximum absolute atomic E-state index is 2.48. The fourth-order valence-electron chi connectivity index (χ4n) is 3.55. The number of hydrogen-bond donors (Lipinski definition) is 0. The van der Waals surface area contributed by atoms with Gasteiger partial charge in [0.2, 0.25) is 0 Å². The largest absolute Gasteiger partial charge is 0.0884 e. The summed E-state index contributed by atoms with van der Waals surface area (Å²) in [6.07, 6.45) is 17.8. The van der Waals surface area contributed by atoms with Gasteiger partial charge < -0.3 is 0 Å². The summed E-state index contributed by atoms with van der Waals surface area (Å²) >= 11 is 0. The maximum atomic E-state index is 2.48. The highest BCUT2D eigenvalue weighted by molar-refractivity contribution is 5.13. The lowest BCUT2D eigenvalue weighted by Gasteiger charge is -2.19. The first kappa shape index (κ1) is 13.6. The van der Waals surface area contributed by atoms with Crippen LogP contribution in [0.5, 0.6) is 0 Å². The Kier molecular flexibility index (Phi) is 4.86. The Morgan fingerprint density at radius 1 is 1.22 bits per heavy atom. The molecule has 0 aromatic rings. The van der Waals surface area contributed by atoms with E-state index in [0.29, 0.717) is 0 Å². The van der Waals surface area contributed by atoms with E-state index < -0.39 is 0 Å². The number of rotatable bonds is 6. The van der Waals surface area contributed by atoms with E-state index in [1.54, 1.807) is 5.57 Å². The molecule has 0 heterocycles. The molecule has 0 aromatic heterocycles. The molecule has 2 rings (SSSR count). The van der Waals surface area contributed by atoms with Gasteiger partial charge in [0.05, 0.1) is 0 Å². The molecule has 2 bridgehead atoms. The Bertz CT molecular complexity index is 352. The molecule has 0 N–H and O–H groups in total. The van der Waals surface area contributed by atoms with Crippen molar-refractivity contribution in [2.75, 3.05) is 0 Å². The average molecular weight is 244 g/mol. The van der Waals surface area contributed by atoms with Crippen molar-refractivity contribution in [2.24, 2.45) is 17.8 Å². The number of allylic oxidation sites excluding steroid dienone is 6. The Hall–Kier alpha value is -0.780. The first-order valence-corrected chi connectivity index (χ1v) is 7.64. The van der Waals surface area contributed by atoms with E-state index in [1.165, 1.54) is 44.1 Å². The third kappa shape index (κ3) is 3.60. The topological polar surface area (TPSA) is 0 Å². The highest BCUT2D eigenvalue weighted by atomic mass is 14.4. The monoisotopic (exact) mass is 244 g/mol. The van der Waals surface area contributed by atoms with Crippen molar-refractivity contribution in [1.29, 1.82) is 0 Å². The SMILES string of the molecule is CC=C(CCCC=C(C)C)CC1CC2C=CC1C2. The van der Waals surface area contributed by atoms with Crippen molar-refractivity contribution >= 4 is 0 Å². The molecule has 0 spiro atoms. The molecule has 0 nitrogen and oxygen atoms in total. The summed E-state index contributed by atoms with van der Waals surface area (Å²) in [5.74, 6) is 2.78. The number of unbranched alkanes of at least 4 members (excludes halogenated alkanes) is 1. The zero-order valence-corrected chi connectivity index (χ0v) is 12.3. The minimum Gasteiger partial charge on any atom is -0.0884 e. The van der Waals surface area contributed by atoms with Gasteiger partial charge in [0.1, 0.15) is 0 Å². The van der Waals surface area contributed by atoms with E-state index in [1.807, 2.05) is 0 Å². The van der Waals surface area contributed by atoms with Gasteiger partial charge in [-0.15, -0.1) is 0 Å². The Morgan fingerprint density at radius 2 is 2.06 bits per heavy atom. The van der Waals surface area contributed by atoms with Crippen LogP contribution in [0, 0.1) is 17.8 Å². The molecule has 0 saturated heterocycles. The Balaban J connectivity index is 1.73. The molecule has 18 heavy (non-hydrogen) atoms. The van der Waals surface area contributed by atoms with Crippen LogP contribution in [0.15, 0.2) is 35.5 Å². The van der Waals surface area contributed by atoms with Crippen LogP contribution >= 0.6 is 0 Å². The summed E-state index contributed by atoms with van der Waals surface area (Å²) in [4.78, 5) is 0. The van der Waals surface area contributed by atoms with Crippen molar-refractivity contribution in [3.63, 3.8) is 0 Å². The first-order chi connectivity index (χ1) is 8.69. The summed E-state index contributed by atoms with van der Waals surface area (Å²) in [5, 5.41) is 0. The molecule has 0 aromatic carbocycles. The molecular weight excluding hydrogens is 216 g/mol. The first-order valence-electron chi connectivity index (χ1n) is 7.64. The number of fused-ring (bicyclic) bond motifs is 2. The van der Waals surface area contributed by atoms with Crippen LogP contribution in [0.3, 0.4) is 0 Å². The normalized spacial score (nSPS) is 29.9. The molecule has 100 valence electrons. The fourth-order valence-corrected chi connectivity index (χ4v) is 3.55. The summed E-state index contributed by atoms with van der Waals surface area (Å²) in [6, 6.07) is 0. The zero-order valence-electron chi connectivity index (χ0n) is 12.3. The molecule has 1 saturated carbocycles. The van der Waals surface area contributed by atoms with Crippen molar-refractivity contribution < 1.29 is 0 Å². The maximum Gasteiger partial charge on any atom is -0.0196 e. The van der Waals surface area contributed by atoms with E-state index >= 15 is 0 Å². The Morgan fingerprint density at radius 3 is 2.61 bits per heavy atom. The highest BCUT2D eigenvalue weighted by Gasteiger charge is 2.35. The second-order valence-electron chi connectivity index (χ2n) is 6.37. The van der Waals surface area contributed by atoms with Crippen LogP contribution in [0.4, 0.5) is 0 Å². The van der Waals surface area contributed by atoms with Crippen LogP contribution < -0.4 is 0 Å². The van der Waals surface area contributed by atoms with Crippen LogP contribution in [0.25, 0.3) is 0 Å². The van der Waals surface area contributed by atoms with Crippen molar-refractivity contribution in [2.45, 2.75) is 59.3 Å². The Labute approximate surface area is 113 Å². The van der Waals surface area contributed by atoms with Crippen LogP contribution in [-0.4, -0.2) is 0 Å². The summed E-state index contributed by atoms with van der Waals surface area (Å²) in [7, 11) is 0. The van der Waals surface area contributed by atoms with Gasteiger partial charge in [-0.05, 0) is 77.0 Å². The lowest BCUT2D eigenvalue weighted by atomic mass is 9.86. The van der Waals surface area contributed by atoms with Crippen molar-refractivity contribution in [1.82, 2.24) is 0 Å². The van der Waals surface area contributed by atoms with Crippen molar-refractivity contribution in [3.8, 4) is 0 Å². The molecule has 1 fully saturated rings. The van der Waals surface area contributed by atoms with Crippen LogP contribution in [0.1, 0.15) is 59.3 Å². The van der Waals surface area contributed by atoms with Gasteiger partial charge in [0, 0.05) is 0 Å². The van der Waals surface area contributed by atoms with Gasteiger partial charge >= 0.3 is 0 Å². The van der Waals surface area contributed by atoms with Gasteiger partial charge in [0.25, 0.3) is 0 Å². The fraction of sp³-hybridized carbons (Fsp3) is 0.667. The van der Waals surface area contributed by atoms with E-state index in [2.05, 4.69) is 45.1 Å². The quantitative estimate of drug-likeness (QED) is 0.417. The summed E-state index contributed by atoms with van der Waals surface area (Å²) in [5.41, 5.74) is 3.15. The van der Waals surface area contributed by atoms with Gasteiger partial charge in [-0.2, -0.15) is 0 Å². The van der Waals surface area contributed by atoms with E-state index in [-0.39, 0.29) is 0 Å². The molecule has 2 aliphatic carbocycles. The van der Waals surface area contributed by atoms with Gasteiger partial charge in [-0.3, -0.25) is 0 Å². The molecular formula is C18H28. The van der Waals surface area contributed by atoms with E-state index in [0.717, 1.165) is 17.8 Å².